The van der Waals surface area contributed by atoms with Crippen molar-refractivity contribution in [2.24, 2.45) is 0 Å². The summed E-state index contributed by atoms with van der Waals surface area (Å²) in [5.74, 6) is 0. The van der Waals surface area contributed by atoms with Crippen molar-refractivity contribution >= 4 is 12.1 Å². The molecular formula is C18H29N5O2. The van der Waals surface area contributed by atoms with Gasteiger partial charge in [-0.25, -0.2) is 9.59 Å². The Balaban J connectivity index is 1.40. The van der Waals surface area contributed by atoms with Crippen LogP contribution in [0.3, 0.4) is 0 Å². The molecule has 3 saturated heterocycles. The Hall–Kier alpha value is -1.50. The van der Waals surface area contributed by atoms with Gasteiger partial charge in [-0.3, -0.25) is 19.6 Å². The zero-order chi connectivity index (χ0) is 17.0. The van der Waals surface area contributed by atoms with Crippen molar-refractivity contribution in [2.75, 3.05) is 13.3 Å². The van der Waals surface area contributed by atoms with E-state index >= 15 is 0 Å². The Kier molecular flexibility index (Phi) is 3.80. The minimum atomic E-state index is -0.156. The molecule has 0 spiro atoms. The predicted octanol–water partition coefficient (Wildman–Crippen LogP) is 2.30. The molecule has 5 fully saturated rings. The van der Waals surface area contributed by atoms with E-state index in [9.17, 15) is 9.59 Å². The van der Waals surface area contributed by atoms with E-state index in [1.807, 2.05) is 14.7 Å². The average Bonchev–Trinajstić information content (AvgIpc) is 3.13. The lowest BCUT2D eigenvalue weighted by Gasteiger charge is -2.45. The molecule has 0 aromatic rings. The number of rotatable bonds is 2. The number of nitrogens with zero attached hydrogens (tertiary/aromatic N) is 4. The first-order valence-corrected chi connectivity index (χ1v) is 10.1. The largest absolute Gasteiger partial charge is 0.324 e. The van der Waals surface area contributed by atoms with Gasteiger partial charge >= 0.3 is 12.1 Å². The second-order valence-corrected chi connectivity index (χ2v) is 8.39. The van der Waals surface area contributed by atoms with Gasteiger partial charge in [-0.05, 0) is 25.7 Å². The standard InChI is InChI=1S/C18H29N5O2/c24-17-19-15-16-21(17)11-20(13-7-3-1-4-8-13)12-22(16)18(25)23(15)14-9-5-2-6-10-14/h13-16H,1-12H2,(H,19,24)/t15-,16-/m1/s1. The topological polar surface area (TPSA) is 59.1 Å². The van der Waals surface area contributed by atoms with Crippen molar-refractivity contribution < 1.29 is 9.59 Å². The number of hydrogen-bond acceptors (Lipinski definition) is 3. The van der Waals surface area contributed by atoms with Crippen LogP contribution in [-0.4, -0.2) is 69.4 Å². The summed E-state index contributed by atoms with van der Waals surface area (Å²) >= 11 is 0. The Morgan fingerprint density at radius 3 is 2.04 bits per heavy atom. The number of nitrogens with one attached hydrogen (secondary N) is 1. The van der Waals surface area contributed by atoms with Crippen molar-refractivity contribution in [3.63, 3.8) is 0 Å². The van der Waals surface area contributed by atoms with E-state index in [0.29, 0.717) is 25.4 Å². The molecule has 7 heteroatoms. The van der Waals surface area contributed by atoms with Crippen molar-refractivity contribution in [1.82, 2.24) is 24.9 Å². The highest BCUT2D eigenvalue weighted by atomic mass is 16.2. The van der Waals surface area contributed by atoms with Crippen LogP contribution >= 0.6 is 0 Å². The Morgan fingerprint density at radius 1 is 0.760 bits per heavy atom. The Labute approximate surface area is 149 Å². The molecule has 0 radical (unpaired) electrons. The molecule has 7 nitrogen and oxygen atoms in total. The van der Waals surface area contributed by atoms with Crippen LogP contribution in [0.1, 0.15) is 64.2 Å². The molecule has 2 atom stereocenters. The van der Waals surface area contributed by atoms with Crippen molar-refractivity contribution in [1.29, 1.82) is 0 Å². The normalized spacial score (nSPS) is 34.6. The lowest BCUT2D eigenvalue weighted by Crippen LogP contribution is -2.62. The molecule has 0 unspecified atom stereocenters. The first-order valence-electron chi connectivity index (χ1n) is 10.1. The van der Waals surface area contributed by atoms with Crippen LogP contribution in [0, 0.1) is 0 Å². The van der Waals surface area contributed by atoms with Crippen LogP contribution in [0.4, 0.5) is 9.59 Å². The van der Waals surface area contributed by atoms with E-state index in [2.05, 4.69) is 10.2 Å². The van der Waals surface area contributed by atoms with E-state index in [4.69, 9.17) is 0 Å². The van der Waals surface area contributed by atoms with Gasteiger partial charge in [0.25, 0.3) is 0 Å². The lowest BCUT2D eigenvalue weighted by atomic mass is 9.94. The molecule has 1 N–H and O–H groups in total. The minimum absolute atomic E-state index is 0.00572. The van der Waals surface area contributed by atoms with Gasteiger partial charge in [0, 0.05) is 12.1 Å². The Bertz CT molecular complexity index is 558. The molecule has 0 aromatic carbocycles. The third-order valence-corrected chi connectivity index (χ3v) is 6.95. The third kappa shape index (κ3) is 2.42. The maximum Gasteiger partial charge on any atom is 0.324 e. The average molecular weight is 347 g/mol. The molecular weight excluding hydrogens is 318 g/mol. The van der Waals surface area contributed by atoms with Gasteiger partial charge in [-0.15, -0.1) is 0 Å². The highest BCUT2D eigenvalue weighted by Gasteiger charge is 2.59. The monoisotopic (exact) mass is 347 g/mol. The maximum atomic E-state index is 13.2. The van der Waals surface area contributed by atoms with Crippen LogP contribution in [0.25, 0.3) is 0 Å². The quantitative estimate of drug-likeness (QED) is 0.834. The summed E-state index contributed by atoms with van der Waals surface area (Å²) in [6.07, 6.45) is 11.8. The molecule has 5 aliphatic rings. The van der Waals surface area contributed by atoms with Gasteiger partial charge in [0.2, 0.25) is 0 Å². The Morgan fingerprint density at radius 2 is 1.36 bits per heavy atom. The summed E-state index contributed by atoms with van der Waals surface area (Å²) in [6, 6.07) is 0.930. The van der Waals surface area contributed by atoms with Gasteiger partial charge in [0.05, 0.1) is 13.3 Å². The first kappa shape index (κ1) is 15.7. The van der Waals surface area contributed by atoms with Gasteiger partial charge < -0.3 is 5.32 Å². The van der Waals surface area contributed by atoms with Gasteiger partial charge in [-0.2, -0.15) is 0 Å². The van der Waals surface area contributed by atoms with Crippen molar-refractivity contribution in [3.05, 3.63) is 0 Å². The number of carbonyl (C=O) groups is 2. The fourth-order valence-corrected chi connectivity index (χ4v) is 5.65. The molecule has 5 rings (SSSR count). The van der Waals surface area contributed by atoms with E-state index in [-0.39, 0.29) is 24.4 Å². The zero-order valence-electron chi connectivity index (χ0n) is 14.9. The molecule has 3 aliphatic heterocycles. The molecule has 3 heterocycles. The number of amides is 4. The molecule has 0 bridgehead atoms. The first-order chi connectivity index (χ1) is 12.2. The highest BCUT2D eigenvalue weighted by Crippen LogP contribution is 2.38. The van der Waals surface area contributed by atoms with Crippen LogP contribution in [-0.2, 0) is 0 Å². The summed E-state index contributed by atoms with van der Waals surface area (Å²) in [7, 11) is 0. The highest BCUT2D eigenvalue weighted by molar-refractivity contribution is 5.85. The van der Waals surface area contributed by atoms with Crippen LogP contribution in [0.5, 0.6) is 0 Å². The second-order valence-electron chi connectivity index (χ2n) is 8.39. The zero-order valence-corrected chi connectivity index (χ0v) is 14.9. The summed E-state index contributed by atoms with van der Waals surface area (Å²) < 4.78 is 0. The summed E-state index contributed by atoms with van der Waals surface area (Å²) in [5.41, 5.74) is 0. The van der Waals surface area contributed by atoms with Crippen LogP contribution in [0.2, 0.25) is 0 Å². The van der Waals surface area contributed by atoms with E-state index < -0.39 is 0 Å². The van der Waals surface area contributed by atoms with Gasteiger partial charge in [0.1, 0.15) is 6.17 Å². The lowest BCUT2D eigenvalue weighted by molar-refractivity contribution is -0.0390. The van der Waals surface area contributed by atoms with Crippen LogP contribution < -0.4 is 5.32 Å². The van der Waals surface area contributed by atoms with Crippen molar-refractivity contribution in [3.8, 4) is 0 Å². The van der Waals surface area contributed by atoms with Crippen molar-refractivity contribution in [2.45, 2.75) is 88.6 Å². The molecule has 2 saturated carbocycles. The smallest absolute Gasteiger partial charge is 0.314 e. The van der Waals surface area contributed by atoms with E-state index in [1.54, 1.807) is 0 Å². The molecule has 4 amide bonds. The summed E-state index contributed by atoms with van der Waals surface area (Å²) in [4.78, 5) is 34.0. The summed E-state index contributed by atoms with van der Waals surface area (Å²) in [6.45, 7) is 1.35. The van der Waals surface area contributed by atoms with E-state index in [0.717, 1.165) is 12.8 Å². The minimum Gasteiger partial charge on any atom is -0.314 e. The SMILES string of the molecule is O=C1N[C@H]2[C@@H]3N1CN(C1CCCCC1)CN3C(=O)N2C1CCCCC1. The predicted molar refractivity (Wildman–Crippen MR) is 92.3 cm³/mol. The third-order valence-electron chi connectivity index (χ3n) is 6.95. The molecule has 2 aliphatic carbocycles. The number of hydrogen-bond donors (Lipinski definition) is 1. The summed E-state index contributed by atoms with van der Waals surface area (Å²) in [5, 5.41) is 3.11. The molecule has 0 aromatic heterocycles. The maximum absolute atomic E-state index is 13.2. The van der Waals surface area contributed by atoms with Gasteiger partial charge in [0.15, 0.2) is 6.17 Å². The van der Waals surface area contributed by atoms with E-state index in [1.165, 1.54) is 51.4 Å². The number of urea groups is 2. The second kappa shape index (κ2) is 6.04. The fraction of sp³-hybridized carbons (Fsp3) is 0.889. The van der Waals surface area contributed by atoms with Crippen LogP contribution in [0.15, 0.2) is 0 Å². The van der Waals surface area contributed by atoms with Gasteiger partial charge in [-0.1, -0.05) is 38.5 Å². The number of carbonyl (C=O) groups excluding carboxylic acids is 2. The fourth-order valence-electron chi connectivity index (χ4n) is 5.65. The molecule has 138 valence electrons. The molecule has 25 heavy (non-hydrogen) atoms.